The Morgan fingerprint density at radius 1 is 1.17 bits per heavy atom. The van der Waals surface area contributed by atoms with Gasteiger partial charge in [-0.25, -0.2) is 0 Å². The number of nitrogens with zero attached hydrogens (tertiary/aromatic N) is 5. The van der Waals surface area contributed by atoms with Gasteiger partial charge >= 0.3 is 0 Å². The number of carbonyl (C=O) groups is 1. The van der Waals surface area contributed by atoms with Crippen molar-refractivity contribution in [1.82, 2.24) is 25.0 Å². The Bertz CT molecular complexity index is 1260. The summed E-state index contributed by atoms with van der Waals surface area (Å²) in [6.45, 7) is 10.9. The highest BCUT2D eigenvalue weighted by Crippen LogP contribution is 2.39. The molecule has 2 aliphatic heterocycles. The Morgan fingerprint density at radius 3 is 2.66 bits per heavy atom. The first-order valence-corrected chi connectivity index (χ1v) is 13.0. The average molecular weight is 513 g/mol. The van der Waals surface area contributed by atoms with Gasteiger partial charge in [0.05, 0.1) is 25.3 Å². The van der Waals surface area contributed by atoms with E-state index in [9.17, 15) is 4.79 Å². The number of nitrogens with one attached hydrogen (secondary N) is 1. The number of hydrogen-bond donors (Lipinski definition) is 1. The highest BCUT2D eigenvalue weighted by molar-refractivity contribution is 7.15. The van der Waals surface area contributed by atoms with Crippen LogP contribution in [0.3, 0.4) is 0 Å². The van der Waals surface area contributed by atoms with Crippen LogP contribution in [0.4, 0.5) is 0 Å². The summed E-state index contributed by atoms with van der Waals surface area (Å²) in [6, 6.07) is 7.25. The van der Waals surface area contributed by atoms with Gasteiger partial charge in [0.15, 0.2) is 5.82 Å². The number of amides is 1. The molecule has 8 nitrogen and oxygen atoms in total. The molecule has 1 aromatic carbocycles. The topological polar surface area (TPSA) is 84.6 Å². The minimum Gasteiger partial charge on any atom is -0.379 e. The van der Waals surface area contributed by atoms with Gasteiger partial charge in [-0.15, -0.1) is 21.5 Å². The molecule has 4 heterocycles. The summed E-state index contributed by atoms with van der Waals surface area (Å²) in [5.41, 5.74) is 4.06. The minimum absolute atomic E-state index is 0.0483. The van der Waals surface area contributed by atoms with E-state index in [0.717, 1.165) is 60.5 Å². The third-order valence-electron chi connectivity index (χ3n) is 6.59. The lowest BCUT2D eigenvalue weighted by Gasteiger charge is -2.26. The van der Waals surface area contributed by atoms with Gasteiger partial charge in [-0.05, 0) is 38.5 Å². The zero-order valence-corrected chi connectivity index (χ0v) is 21.7. The lowest BCUT2D eigenvalue weighted by Crippen LogP contribution is -2.41. The van der Waals surface area contributed by atoms with Crippen LogP contribution < -0.4 is 5.32 Å². The first-order chi connectivity index (χ1) is 16.9. The van der Waals surface area contributed by atoms with Gasteiger partial charge in [0.2, 0.25) is 5.91 Å². The second kappa shape index (κ2) is 10.2. The molecule has 2 aromatic heterocycles. The molecule has 0 saturated carbocycles. The number of fused-ring (bicyclic) bond motifs is 3. The quantitative estimate of drug-likeness (QED) is 0.545. The fourth-order valence-corrected chi connectivity index (χ4v) is 5.90. The predicted octanol–water partition coefficient (Wildman–Crippen LogP) is 3.64. The van der Waals surface area contributed by atoms with Crippen molar-refractivity contribution in [2.45, 2.75) is 33.2 Å². The van der Waals surface area contributed by atoms with Crippen molar-refractivity contribution in [2.24, 2.45) is 4.99 Å². The molecule has 184 valence electrons. The van der Waals surface area contributed by atoms with Gasteiger partial charge < -0.3 is 10.1 Å². The van der Waals surface area contributed by atoms with Crippen LogP contribution in [0.5, 0.6) is 0 Å². The maximum atomic E-state index is 13.0. The number of halogens is 1. The molecule has 3 aromatic rings. The van der Waals surface area contributed by atoms with Crippen LogP contribution in [0, 0.1) is 20.8 Å². The number of benzene rings is 1. The summed E-state index contributed by atoms with van der Waals surface area (Å²) in [4.78, 5) is 21.7. The molecule has 1 saturated heterocycles. The largest absolute Gasteiger partial charge is 0.379 e. The Morgan fingerprint density at radius 2 is 1.91 bits per heavy atom. The molecule has 2 aliphatic rings. The summed E-state index contributed by atoms with van der Waals surface area (Å²) in [5, 5.41) is 13.6. The van der Waals surface area contributed by atoms with Gasteiger partial charge in [-0.1, -0.05) is 23.7 Å². The Kier molecular flexibility index (Phi) is 7.02. The van der Waals surface area contributed by atoms with Crippen LogP contribution >= 0.6 is 22.9 Å². The van der Waals surface area contributed by atoms with Crippen LogP contribution in [0.1, 0.15) is 45.7 Å². The Balaban J connectivity index is 1.46. The number of hydrogen-bond acceptors (Lipinski definition) is 7. The maximum Gasteiger partial charge on any atom is 0.222 e. The van der Waals surface area contributed by atoms with Crippen LogP contribution in [-0.4, -0.2) is 70.7 Å². The van der Waals surface area contributed by atoms with Gasteiger partial charge in [-0.3, -0.25) is 19.3 Å². The third-order valence-corrected chi connectivity index (χ3v) is 8.03. The maximum absolute atomic E-state index is 13.0. The number of carbonyl (C=O) groups excluding carboxylic acids is 1. The van der Waals surface area contributed by atoms with E-state index in [2.05, 4.69) is 38.8 Å². The van der Waals surface area contributed by atoms with Crippen molar-refractivity contribution in [1.29, 1.82) is 0 Å². The lowest BCUT2D eigenvalue weighted by atomic mass is 9.99. The highest BCUT2D eigenvalue weighted by Gasteiger charge is 2.32. The van der Waals surface area contributed by atoms with Gasteiger partial charge in [0.1, 0.15) is 16.9 Å². The van der Waals surface area contributed by atoms with E-state index < -0.39 is 6.04 Å². The highest BCUT2D eigenvalue weighted by atomic mass is 35.5. The molecule has 0 bridgehead atoms. The van der Waals surface area contributed by atoms with Gasteiger partial charge in [-0.2, -0.15) is 0 Å². The first-order valence-electron chi connectivity index (χ1n) is 11.9. The molecule has 1 amide bonds. The molecule has 1 fully saturated rings. The molecule has 35 heavy (non-hydrogen) atoms. The van der Waals surface area contributed by atoms with Crippen LogP contribution in [0.15, 0.2) is 29.3 Å². The number of thiophene rings is 1. The van der Waals surface area contributed by atoms with Gasteiger partial charge in [0, 0.05) is 47.2 Å². The predicted molar refractivity (Wildman–Crippen MR) is 138 cm³/mol. The molecule has 0 aliphatic carbocycles. The smallest absolute Gasteiger partial charge is 0.222 e. The second-order valence-corrected chi connectivity index (χ2v) is 10.6. The number of aliphatic imine (C=N–C) groups is 1. The number of aryl methyl sites for hydroxylation is 2. The molecular weight excluding hydrogens is 484 g/mol. The third kappa shape index (κ3) is 4.91. The fourth-order valence-electron chi connectivity index (χ4n) is 4.56. The van der Waals surface area contributed by atoms with E-state index in [1.165, 1.54) is 10.4 Å². The zero-order chi connectivity index (χ0) is 24.5. The zero-order valence-electron chi connectivity index (χ0n) is 20.2. The normalized spacial score (nSPS) is 17.9. The van der Waals surface area contributed by atoms with Crippen molar-refractivity contribution in [3.8, 4) is 5.00 Å². The molecule has 1 N–H and O–H groups in total. The molecule has 0 unspecified atom stereocenters. The summed E-state index contributed by atoms with van der Waals surface area (Å²) in [6.07, 6.45) is 0.200. The first kappa shape index (κ1) is 24.1. The van der Waals surface area contributed by atoms with Crippen molar-refractivity contribution in [3.63, 3.8) is 0 Å². The number of rotatable bonds is 6. The van der Waals surface area contributed by atoms with Crippen LogP contribution in [0.2, 0.25) is 5.02 Å². The molecule has 0 spiro atoms. The molecule has 1 atom stereocenters. The Labute approximate surface area is 214 Å². The van der Waals surface area contributed by atoms with Crippen molar-refractivity contribution < 1.29 is 9.53 Å². The van der Waals surface area contributed by atoms with E-state index in [0.29, 0.717) is 17.4 Å². The molecule has 0 radical (unpaired) electrons. The second-order valence-electron chi connectivity index (χ2n) is 8.91. The van der Waals surface area contributed by atoms with Gasteiger partial charge in [0.25, 0.3) is 0 Å². The minimum atomic E-state index is -0.454. The summed E-state index contributed by atoms with van der Waals surface area (Å²) < 4.78 is 7.47. The molecule has 5 rings (SSSR count). The molecular formula is C25H29ClN6O2S. The van der Waals surface area contributed by atoms with Crippen LogP contribution in [-0.2, 0) is 9.53 Å². The van der Waals surface area contributed by atoms with E-state index >= 15 is 0 Å². The van der Waals surface area contributed by atoms with E-state index in [1.807, 2.05) is 31.2 Å². The van der Waals surface area contributed by atoms with Crippen molar-refractivity contribution in [3.05, 3.63) is 62.5 Å². The summed E-state index contributed by atoms with van der Waals surface area (Å²) in [5.74, 6) is 1.43. The van der Waals surface area contributed by atoms with E-state index in [-0.39, 0.29) is 12.3 Å². The van der Waals surface area contributed by atoms with Crippen molar-refractivity contribution >= 4 is 34.6 Å². The number of morpholine rings is 1. The lowest BCUT2D eigenvalue weighted by molar-refractivity contribution is -0.121. The number of aromatic nitrogens is 3. The van der Waals surface area contributed by atoms with E-state index in [1.54, 1.807) is 11.3 Å². The summed E-state index contributed by atoms with van der Waals surface area (Å²) >= 11 is 7.88. The molecule has 10 heteroatoms. The monoisotopic (exact) mass is 512 g/mol. The Hall–Kier alpha value is -2.59. The summed E-state index contributed by atoms with van der Waals surface area (Å²) in [7, 11) is 0. The van der Waals surface area contributed by atoms with Crippen molar-refractivity contribution in [2.75, 3.05) is 39.4 Å². The SMILES string of the molecule is Cc1sc2c(c1C)C(c1ccc(Cl)cc1)=N[C@@H](CC(=O)NCCN1CCOCC1)c1nnc(C)n1-2. The van der Waals surface area contributed by atoms with Crippen LogP contribution in [0.25, 0.3) is 5.00 Å². The average Bonchev–Trinajstić information content (AvgIpc) is 3.32. The standard InChI is InChI=1S/C25H29ClN6O2S/c1-15-16(2)35-25-22(15)23(18-4-6-19(26)7-5-18)28-20(24-30-29-17(3)32(24)25)14-21(33)27-8-9-31-10-12-34-13-11-31/h4-7,20H,8-14H2,1-3H3,(H,27,33)/t20-/m0/s1. The van der Waals surface area contributed by atoms with E-state index in [4.69, 9.17) is 21.3 Å². The number of ether oxygens (including phenoxy) is 1. The fraction of sp³-hybridized carbons (Fsp3) is 0.440.